The molecule has 10 heteroatoms. The zero-order valence-electron chi connectivity index (χ0n) is 17.4. The molecule has 0 spiro atoms. The van der Waals surface area contributed by atoms with Gasteiger partial charge in [-0.25, -0.2) is 18.1 Å². The Morgan fingerprint density at radius 2 is 2.00 bits per heavy atom. The Hall–Kier alpha value is -2.82. The van der Waals surface area contributed by atoms with Crippen molar-refractivity contribution in [1.82, 2.24) is 19.8 Å². The fourth-order valence-corrected chi connectivity index (χ4v) is 5.10. The van der Waals surface area contributed by atoms with E-state index in [1.165, 1.54) is 0 Å². The standard InChI is InChI=1S/C21H25N5O4S/c1-12-3-4-17(31(28,29)26-16-7-14(8-16)5-6-27)10-18(12)15-9-19(20(22)23-11-15)21-24-13(2)25-30-21/h3-4,9-11,14,16,26-27H,5-8H2,1-2H3,(H2,22,23)/t14-,16+. The maximum Gasteiger partial charge on any atom is 0.261 e. The second-order valence-electron chi connectivity index (χ2n) is 7.95. The average molecular weight is 444 g/mol. The van der Waals surface area contributed by atoms with E-state index in [1.807, 2.05) is 6.92 Å². The first kappa shape index (κ1) is 21.4. The van der Waals surface area contributed by atoms with Crippen molar-refractivity contribution in [3.05, 3.63) is 41.9 Å². The number of nitrogens with one attached hydrogen (secondary N) is 1. The Kier molecular flexibility index (Phi) is 5.78. The van der Waals surface area contributed by atoms with E-state index in [4.69, 9.17) is 15.4 Å². The van der Waals surface area contributed by atoms with Crippen LogP contribution in [0, 0.1) is 19.8 Å². The highest BCUT2D eigenvalue weighted by molar-refractivity contribution is 7.89. The van der Waals surface area contributed by atoms with Crippen LogP contribution >= 0.6 is 0 Å². The van der Waals surface area contributed by atoms with Gasteiger partial charge in [0.1, 0.15) is 5.82 Å². The van der Waals surface area contributed by atoms with Gasteiger partial charge in [0.2, 0.25) is 10.0 Å². The van der Waals surface area contributed by atoms with Gasteiger partial charge in [-0.15, -0.1) is 0 Å². The largest absolute Gasteiger partial charge is 0.396 e. The second kappa shape index (κ2) is 8.37. The van der Waals surface area contributed by atoms with Crippen LogP contribution in [0.1, 0.15) is 30.7 Å². The number of benzene rings is 1. The van der Waals surface area contributed by atoms with Crippen molar-refractivity contribution < 1.29 is 18.0 Å². The Labute approximate surface area is 180 Å². The van der Waals surface area contributed by atoms with E-state index in [0.717, 1.165) is 24.0 Å². The number of pyridine rings is 1. The van der Waals surface area contributed by atoms with Gasteiger partial charge >= 0.3 is 0 Å². The number of sulfonamides is 1. The molecule has 2 heterocycles. The first-order valence-electron chi connectivity index (χ1n) is 10.1. The maximum absolute atomic E-state index is 12.9. The van der Waals surface area contributed by atoms with Crippen molar-refractivity contribution in [2.75, 3.05) is 12.3 Å². The van der Waals surface area contributed by atoms with Crippen LogP contribution in [0.25, 0.3) is 22.6 Å². The Balaban J connectivity index is 1.63. The molecular formula is C21H25N5O4S. The van der Waals surface area contributed by atoms with Gasteiger partial charge in [0.15, 0.2) is 5.82 Å². The van der Waals surface area contributed by atoms with Crippen molar-refractivity contribution in [2.45, 2.75) is 44.0 Å². The molecule has 4 rings (SSSR count). The zero-order valence-corrected chi connectivity index (χ0v) is 18.2. The molecule has 9 nitrogen and oxygen atoms in total. The summed E-state index contributed by atoms with van der Waals surface area (Å²) < 4.78 is 33.8. The lowest BCUT2D eigenvalue weighted by Gasteiger charge is -2.35. The highest BCUT2D eigenvalue weighted by Crippen LogP contribution is 2.33. The van der Waals surface area contributed by atoms with Gasteiger partial charge in [-0.1, -0.05) is 11.2 Å². The fraction of sp³-hybridized carbons (Fsp3) is 0.381. The molecule has 0 atom stereocenters. The van der Waals surface area contributed by atoms with Crippen molar-refractivity contribution in [3.63, 3.8) is 0 Å². The van der Waals surface area contributed by atoms with Gasteiger partial charge < -0.3 is 15.4 Å². The Morgan fingerprint density at radius 1 is 1.23 bits per heavy atom. The average Bonchev–Trinajstić information content (AvgIpc) is 3.13. The summed E-state index contributed by atoms with van der Waals surface area (Å²) >= 11 is 0. The summed E-state index contributed by atoms with van der Waals surface area (Å²) in [7, 11) is -3.67. The van der Waals surface area contributed by atoms with E-state index in [9.17, 15) is 8.42 Å². The molecule has 164 valence electrons. The van der Waals surface area contributed by atoms with E-state index >= 15 is 0 Å². The molecule has 0 aliphatic heterocycles. The first-order chi connectivity index (χ1) is 14.8. The molecule has 1 saturated carbocycles. The second-order valence-corrected chi connectivity index (χ2v) is 9.66. The summed E-state index contributed by atoms with van der Waals surface area (Å²) in [5, 5.41) is 12.8. The molecule has 0 saturated heterocycles. The number of anilines is 1. The van der Waals surface area contributed by atoms with Crippen molar-refractivity contribution in [1.29, 1.82) is 0 Å². The number of nitrogens with two attached hydrogens (primary N) is 1. The molecule has 0 radical (unpaired) electrons. The van der Waals surface area contributed by atoms with Crippen molar-refractivity contribution in [3.8, 4) is 22.6 Å². The summed E-state index contributed by atoms with van der Waals surface area (Å²) in [5.74, 6) is 1.36. The van der Waals surface area contributed by atoms with Crippen LogP contribution in [0.3, 0.4) is 0 Å². The van der Waals surface area contributed by atoms with Gasteiger partial charge in [-0.3, -0.25) is 0 Å². The number of aliphatic hydroxyl groups excluding tert-OH is 1. The third-order valence-corrected chi connectivity index (χ3v) is 7.12. The number of rotatable bonds is 7. The molecule has 3 aromatic rings. The molecule has 1 aliphatic rings. The van der Waals surface area contributed by atoms with Crippen LogP contribution < -0.4 is 10.5 Å². The summed E-state index contributed by atoms with van der Waals surface area (Å²) in [6.07, 6.45) is 3.79. The lowest BCUT2D eigenvalue weighted by atomic mass is 9.79. The topological polar surface area (TPSA) is 144 Å². The molecule has 0 bridgehead atoms. The predicted octanol–water partition coefficient (Wildman–Crippen LogP) is 2.44. The van der Waals surface area contributed by atoms with Crippen LogP contribution in [0.5, 0.6) is 0 Å². The van der Waals surface area contributed by atoms with Gasteiger partial charge in [-0.05, 0) is 68.4 Å². The van der Waals surface area contributed by atoms with Gasteiger partial charge in [-0.2, -0.15) is 4.98 Å². The number of nitrogen functional groups attached to an aromatic ring is 1. The van der Waals surface area contributed by atoms with Crippen LogP contribution in [0.15, 0.2) is 39.9 Å². The lowest BCUT2D eigenvalue weighted by Crippen LogP contribution is -2.44. The minimum absolute atomic E-state index is 0.100. The molecule has 31 heavy (non-hydrogen) atoms. The van der Waals surface area contributed by atoms with Gasteiger partial charge in [0.05, 0.1) is 10.5 Å². The molecule has 2 aromatic heterocycles. The monoisotopic (exact) mass is 443 g/mol. The number of aliphatic hydroxyl groups is 1. The van der Waals surface area contributed by atoms with Crippen molar-refractivity contribution >= 4 is 15.8 Å². The number of nitrogens with zero attached hydrogens (tertiary/aromatic N) is 3. The predicted molar refractivity (Wildman–Crippen MR) is 115 cm³/mol. The number of aryl methyl sites for hydroxylation is 2. The number of aromatic nitrogens is 3. The zero-order chi connectivity index (χ0) is 22.2. The van der Waals surface area contributed by atoms with Gasteiger partial charge in [0, 0.05) is 24.4 Å². The third-order valence-electron chi connectivity index (χ3n) is 5.60. The fourth-order valence-electron chi connectivity index (χ4n) is 3.82. The van der Waals surface area contributed by atoms with Crippen LogP contribution in [-0.4, -0.2) is 41.3 Å². The van der Waals surface area contributed by atoms with E-state index in [2.05, 4.69) is 19.8 Å². The highest BCUT2D eigenvalue weighted by Gasteiger charge is 2.32. The lowest BCUT2D eigenvalue weighted by molar-refractivity contribution is 0.180. The summed E-state index contributed by atoms with van der Waals surface area (Å²) in [5.41, 5.74) is 8.80. The molecule has 4 N–H and O–H groups in total. The van der Waals surface area contributed by atoms with E-state index in [0.29, 0.717) is 29.3 Å². The van der Waals surface area contributed by atoms with Gasteiger partial charge in [0.25, 0.3) is 5.89 Å². The quantitative estimate of drug-likeness (QED) is 0.505. The molecule has 1 aromatic carbocycles. The van der Waals surface area contributed by atoms with E-state index < -0.39 is 10.0 Å². The first-order valence-corrected chi connectivity index (χ1v) is 11.6. The Bertz CT molecular complexity index is 1200. The molecule has 0 amide bonds. The van der Waals surface area contributed by atoms with Crippen LogP contribution in [0.4, 0.5) is 5.82 Å². The minimum atomic E-state index is -3.67. The number of hydrogen-bond acceptors (Lipinski definition) is 8. The molecule has 1 aliphatic carbocycles. The van der Waals surface area contributed by atoms with Crippen LogP contribution in [0.2, 0.25) is 0 Å². The van der Waals surface area contributed by atoms with E-state index in [1.54, 1.807) is 37.4 Å². The highest BCUT2D eigenvalue weighted by atomic mass is 32.2. The maximum atomic E-state index is 12.9. The van der Waals surface area contributed by atoms with E-state index in [-0.39, 0.29) is 29.3 Å². The van der Waals surface area contributed by atoms with Crippen LogP contribution in [-0.2, 0) is 10.0 Å². The number of hydrogen-bond donors (Lipinski definition) is 3. The molecular weight excluding hydrogens is 418 g/mol. The summed E-state index contributed by atoms with van der Waals surface area (Å²) in [6.45, 7) is 3.74. The molecule has 0 unspecified atom stereocenters. The summed E-state index contributed by atoms with van der Waals surface area (Å²) in [6, 6.07) is 6.67. The smallest absolute Gasteiger partial charge is 0.261 e. The summed E-state index contributed by atoms with van der Waals surface area (Å²) in [4.78, 5) is 8.63. The minimum Gasteiger partial charge on any atom is -0.396 e. The molecule has 1 fully saturated rings. The Morgan fingerprint density at radius 3 is 2.68 bits per heavy atom. The normalized spacial score (nSPS) is 18.7. The SMILES string of the molecule is Cc1noc(-c2cc(-c3cc(S(=O)(=O)N[C@H]4C[C@@H](CCO)C4)ccc3C)cnc2N)n1. The van der Waals surface area contributed by atoms with Crippen molar-refractivity contribution in [2.24, 2.45) is 5.92 Å². The third kappa shape index (κ3) is 4.46.